The molecule has 0 aromatic carbocycles. The number of hydrogen-bond acceptors (Lipinski definition) is 8. The van der Waals surface area contributed by atoms with Crippen LogP contribution in [0.3, 0.4) is 0 Å². The third kappa shape index (κ3) is 6.06. The van der Waals surface area contributed by atoms with Crippen LogP contribution in [0.1, 0.15) is 66.1 Å². The lowest BCUT2D eigenvalue weighted by Gasteiger charge is -2.29. The fraction of sp³-hybridized carbons (Fsp3) is 0.565. The number of carbonyl (C=O) groups is 2. The minimum Gasteiger partial charge on any atom is -0.364 e. The Bertz CT molecular complexity index is 1450. The monoisotopic (exact) mass is 590 g/mol. The Hall–Kier alpha value is -3.96. The smallest absolute Gasteiger partial charge is 0.364 e. The van der Waals surface area contributed by atoms with E-state index in [-0.39, 0.29) is 29.5 Å². The zero-order chi connectivity index (χ0) is 29.7. The second kappa shape index (κ2) is 10.1. The summed E-state index contributed by atoms with van der Waals surface area (Å²) in [6.45, 7) is 0.261. The number of nitrogens with one attached hydrogen (secondary N) is 2. The predicted octanol–water partition coefficient (Wildman–Crippen LogP) is 3.27. The number of amides is 3. The largest absolute Gasteiger partial charge is 0.416 e. The van der Waals surface area contributed by atoms with E-state index in [9.17, 15) is 35.9 Å². The summed E-state index contributed by atoms with van der Waals surface area (Å²) in [5.74, 6) is -0.751. The minimum atomic E-state index is -4.71. The lowest BCUT2D eigenvalue weighted by molar-refractivity contribution is -0.265. The highest BCUT2D eigenvalue weighted by atomic mass is 19.4. The molecule has 4 heterocycles. The summed E-state index contributed by atoms with van der Waals surface area (Å²) in [6, 6.07) is -2.64. The Balaban J connectivity index is 1.37. The van der Waals surface area contributed by atoms with Crippen molar-refractivity contribution in [3.63, 3.8) is 0 Å². The Morgan fingerprint density at radius 2 is 1.95 bits per heavy atom. The summed E-state index contributed by atoms with van der Waals surface area (Å²) in [6.07, 6.45) is -5.06. The fourth-order valence-electron chi connectivity index (χ4n) is 4.10. The first kappa shape index (κ1) is 28.6. The molecule has 2 unspecified atom stereocenters. The molecule has 18 heteroatoms. The van der Waals surface area contributed by atoms with Crippen molar-refractivity contribution in [2.75, 3.05) is 13.2 Å². The summed E-state index contributed by atoms with van der Waals surface area (Å²) in [5, 5.41) is 16.0. The van der Waals surface area contributed by atoms with Crippen molar-refractivity contribution in [1.82, 2.24) is 40.4 Å². The summed E-state index contributed by atoms with van der Waals surface area (Å²) < 4.78 is 90.5. The van der Waals surface area contributed by atoms with Crippen LogP contribution in [0, 0.1) is 0 Å². The molecule has 5 rings (SSSR count). The molecule has 12 nitrogen and oxygen atoms in total. The number of alkyl halides is 6. The summed E-state index contributed by atoms with van der Waals surface area (Å²) in [4.78, 5) is 30.4. The number of ether oxygens (including phenoxy) is 1. The van der Waals surface area contributed by atoms with Crippen molar-refractivity contribution in [3.8, 4) is 0 Å². The molecule has 0 spiro atoms. The van der Waals surface area contributed by atoms with Gasteiger partial charge in [-0.1, -0.05) is 5.16 Å². The molecule has 0 bridgehead atoms. The van der Waals surface area contributed by atoms with E-state index < -0.39 is 55.1 Å². The van der Waals surface area contributed by atoms with Crippen LogP contribution in [0.5, 0.6) is 0 Å². The second-order valence-corrected chi connectivity index (χ2v) is 10.4. The Morgan fingerprint density at radius 3 is 2.59 bits per heavy atom. The van der Waals surface area contributed by atoms with E-state index in [2.05, 4.69) is 25.7 Å². The zero-order valence-electron chi connectivity index (χ0n) is 21.6. The van der Waals surface area contributed by atoms with E-state index in [4.69, 9.17) is 9.37 Å². The van der Waals surface area contributed by atoms with Crippen LogP contribution in [-0.4, -0.2) is 78.9 Å². The number of halogens is 6. The van der Waals surface area contributed by atoms with Crippen LogP contribution in [0.4, 0.5) is 31.1 Å². The van der Waals surface area contributed by atoms with Crippen molar-refractivity contribution >= 4 is 17.6 Å². The van der Waals surface area contributed by atoms with E-state index in [0.717, 1.165) is 31.6 Å². The average Bonchev–Trinajstić information content (AvgIpc) is 3.27. The highest BCUT2D eigenvalue weighted by Gasteiger charge is 2.49. The third-order valence-corrected chi connectivity index (χ3v) is 6.80. The van der Waals surface area contributed by atoms with E-state index in [0.29, 0.717) is 11.3 Å². The van der Waals surface area contributed by atoms with Crippen molar-refractivity contribution in [1.29, 1.82) is 0 Å². The SMILES string of the molecule is CC(C)(OCC(NC(=O)c1nonc1C1CC1)c1cn2ncc(CN3CC(C(F)(F)F)NC3=O)cc2n1)C(F)(F)F. The van der Waals surface area contributed by atoms with Gasteiger partial charge in [-0.3, -0.25) is 4.79 Å². The van der Waals surface area contributed by atoms with Gasteiger partial charge < -0.3 is 20.3 Å². The first-order valence-corrected chi connectivity index (χ1v) is 12.4. The molecule has 2 atom stereocenters. The van der Waals surface area contributed by atoms with Gasteiger partial charge in [-0.15, -0.1) is 0 Å². The Kier molecular flexibility index (Phi) is 7.07. The quantitative estimate of drug-likeness (QED) is 0.362. The van der Waals surface area contributed by atoms with Gasteiger partial charge in [-0.2, -0.15) is 31.4 Å². The molecular weight excluding hydrogens is 566 g/mol. The normalized spacial score (nSPS) is 19.1. The maximum Gasteiger partial charge on any atom is 0.416 e. The molecule has 3 aromatic rings. The van der Waals surface area contributed by atoms with Gasteiger partial charge in [0.15, 0.2) is 16.9 Å². The third-order valence-electron chi connectivity index (χ3n) is 6.80. The van der Waals surface area contributed by atoms with Crippen LogP contribution >= 0.6 is 0 Å². The first-order valence-electron chi connectivity index (χ1n) is 12.4. The number of aromatic nitrogens is 5. The summed E-state index contributed by atoms with van der Waals surface area (Å²) in [5.41, 5.74) is -1.71. The Labute approximate surface area is 227 Å². The Morgan fingerprint density at radius 1 is 1.22 bits per heavy atom. The number of nitrogens with zero attached hydrogens (tertiary/aromatic N) is 6. The molecular formula is C23H24F6N8O4. The average molecular weight is 590 g/mol. The number of fused-ring (bicyclic) bond motifs is 1. The molecule has 41 heavy (non-hydrogen) atoms. The van der Waals surface area contributed by atoms with E-state index in [1.165, 1.54) is 23.0 Å². The van der Waals surface area contributed by atoms with E-state index in [1.54, 1.807) is 0 Å². The van der Waals surface area contributed by atoms with Crippen LogP contribution in [-0.2, 0) is 11.3 Å². The number of urea groups is 1. The number of carbonyl (C=O) groups excluding carboxylic acids is 2. The van der Waals surface area contributed by atoms with Crippen LogP contribution in [0.15, 0.2) is 23.1 Å². The van der Waals surface area contributed by atoms with Crippen LogP contribution < -0.4 is 10.6 Å². The molecule has 2 N–H and O–H groups in total. The topological polar surface area (TPSA) is 140 Å². The molecule has 0 radical (unpaired) electrons. The highest BCUT2D eigenvalue weighted by molar-refractivity contribution is 5.93. The van der Waals surface area contributed by atoms with Gasteiger partial charge in [0.2, 0.25) is 0 Å². The van der Waals surface area contributed by atoms with Gasteiger partial charge >= 0.3 is 18.4 Å². The van der Waals surface area contributed by atoms with E-state index in [1.807, 2.05) is 5.32 Å². The molecule has 1 saturated heterocycles. The molecule has 2 aliphatic rings. The maximum atomic E-state index is 13.4. The predicted molar refractivity (Wildman–Crippen MR) is 124 cm³/mol. The van der Waals surface area contributed by atoms with Crippen LogP contribution in [0.25, 0.3) is 5.65 Å². The summed E-state index contributed by atoms with van der Waals surface area (Å²) >= 11 is 0. The van der Waals surface area contributed by atoms with Gasteiger partial charge in [-0.25, -0.2) is 18.9 Å². The first-order chi connectivity index (χ1) is 19.1. The highest BCUT2D eigenvalue weighted by Crippen LogP contribution is 2.40. The van der Waals surface area contributed by atoms with Gasteiger partial charge in [0.25, 0.3) is 5.91 Å². The minimum absolute atomic E-state index is 0.00257. The van der Waals surface area contributed by atoms with Crippen molar-refractivity contribution in [3.05, 3.63) is 41.1 Å². The lowest BCUT2D eigenvalue weighted by atomic mass is 10.1. The van der Waals surface area contributed by atoms with Crippen molar-refractivity contribution in [2.45, 2.75) is 69.2 Å². The molecule has 3 amide bonds. The van der Waals surface area contributed by atoms with Gasteiger partial charge in [0.05, 0.1) is 37.3 Å². The fourth-order valence-corrected chi connectivity index (χ4v) is 4.10. The van der Waals surface area contributed by atoms with Gasteiger partial charge in [-0.05, 0) is 43.5 Å². The second-order valence-electron chi connectivity index (χ2n) is 10.4. The number of rotatable bonds is 9. The van der Waals surface area contributed by atoms with Crippen LogP contribution in [0.2, 0.25) is 0 Å². The van der Waals surface area contributed by atoms with Gasteiger partial charge in [0, 0.05) is 12.5 Å². The molecule has 1 aliphatic carbocycles. The van der Waals surface area contributed by atoms with Crippen molar-refractivity contribution in [2.24, 2.45) is 0 Å². The van der Waals surface area contributed by atoms with Gasteiger partial charge in [0.1, 0.15) is 11.7 Å². The maximum absolute atomic E-state index is 13.4. The standard InChI is InChI=1S/C23H24F6N8O4/c1-21(2,23(27,28)29)40-10-14(32-19(38)18-17(12-3-4-12)34-41-35-18)13-8-37-16(31-13)5-11(6-30-37)7-36-9-15(22(24,25)26)33-20(36)39/h5-6,8,12,14-15H,3-4,7,9-10H2,1-2H3,(H,32,38)(H,33,39). The summed E-state index contributed by atoms with van der Waals surface area (Å²) in [7, 11) is 0. The number of imidazole rings is 1. The molecule has 222 valence electrons. The molecule has 3 aromatic heterocycles. The number of hydrogen-bond donors (Lipinski definition) is 2. The lowest BCUT2D eigenvalue weighted by Crippen LogP contribution is -2.44. The molecule has 1 saturated carbocycles. The van der Waals surface area contributed by atoms with Crippen molar-refractivity contribution < 1.29 is 45.3 Å². The molecule has 2 fully saturated rings. The molecule has 1 aliphatic heterocycles. The van der Waals surface area contributed by atoms with E-state index >= 15 is 0 Å². The zero-order valence-corrected chi connectivity index (χ0v) is 21.6.